The van der Waals surface area contributed by atoms with E-state index in [-0.39, 0.29) is 25.3 Å². The van der Waals surface area contributed by atoms with Crippen molar-refractivity contribution in [1.82, 2.24) is 25.9 Å². The second kappa shape index (κ2) is 14.0. The fraction of sp³-hybridized carbons (Fsp3) is 0.500. The number of nitrogens with two attached hydrogens (primary N) is 3. The van der Waals surface area contributed by atoms with Gasteiger partial charge >= 0.3 is 11.9 Å². The van der Waals surface area contributed by atoms with E-state index >= 15 is 0 Å². The Morgan fingerprint density at radius 2 is 1.79 bits per heavy atom. The van der Waals surface area contributed by atoms with Gasteiger partial charge in [0.25, 0.3) is 0 Å². The van der Waals surface area contributed by atoms with E-state index in [4.69, 9.17) is 27.4 Å². The number of amides is 3. The molecule has 34 heavy (non-hydrogen) atoms. The number of carboxylic acid groups (broad SMARTS) is 2. The van der Waals surface area contributed by atoms with E-state index in [0.29, 0.717) is 12.1 Å². The van der Waals surface area contributed by atoms with Gasteiger partial charge in [0, 0.05) is 24.9 Å². The van der Waals surface area contributed by atoms with E-state index in [0.717, 1.165) is 0 Å². The SMILES string of the molecule is NC(N)=NCCC[C@H](NC(=O)[C@@H](N)Cc1cnc[nH]1)C(=O)NCC(=O)N[C@@H](CC(=O)O)C(=O)O. The number of aromatic nitrogens is 2. The maximum Gasteiger partial charge on any atom is 0.326 e. The number of hydrogen-bond donors (Lipinski definition) is 9. The van der Waals surface area contributed by atoms with Crippen molar-refractivity contribution in [2.75, 3.05) is 13.1 Å². The quantitative estimate of drug-likeness (QED) is 0.0657. The number of carbonyl (C=O) groups is 5. The Kier molecular flexibility index (Phi) is 11.5. The minimum atomic E-state index is -1.67. The summed E-state index contributed by atoms with van der Waals surface area (Å²) in [6.07, 6.45) is 2.63. The monoisotopic (exact) mass is 483 g/mol. The Labute approximate surface area is 193 Å². The van der Waals surface area contributed by atoms with Crippen LogP contribution in [-0.4, -0.2) is 87.0 Å². The number of rotatable bonds is 15. The lowest BCUT2D eigenvalue weighted by Gasteiger charge is -2.20. The number of hydrogen-bond acceptors (Lipinski definition) is 8. The molecule has 12 N–H and O–H groups in total. The third-order valence-corrected chi connectivity index (χ3v) is 4.34. The van der Waals surface area contributed by atoms with Crippen LogP contribution in [0.3, 0.4) is 0 Å². The van der Waals surface area contributed by atoms with Crippen LogP contribution in [0.2, 0.25) is 0 Å². The van der Waals surface area contributed by atoms with Gasteiger partial charge in [-0.15, -0.1) is 0 Å². The summed E-state index contributed by atoms with van der Waals surface area (Å²) in [6, 6.07) is -3.77. The van der Waals surface area contributed by atoms with Crippen LogP contribution in [0.15, 0.2) is 17.5 Å². The minimum Gasteiger partial charge on any atom is -0.481 e. The molecular formula is C18H29N9O7. The summed E-state index contributed by atoms with van der Waals surface area (Å²) in [7, 11) is 0. The molecule has 0 saturated heterocycles. The number of imidazole rings is 1. The number of nitrogens with zero attached hydrogens (tertiary/aromatic N) is 2. The van der Waals surface area contributed by atoms with Gasteiger partial charge in [-0.2, -0.15) is 0 Å². The molecule has 3 amide bonds. The Morgan fingerprint density at radius 3 is 2.35 bits per heavy atom. The smallest absolute Gasteiger partial charge is 0.326 e. The van der Waals surface area contributed by atoms with Gasteiger partial charge in [0.2, 0.25) is 17.7 Å². The second-order valence-electron chi connectivity index (χ2n) is 7.17. The van der Waals surface area contributed by atoms with E-state index in [9.17, 15) is 24.0 Å². The van der Waals surface area contributed by atoms with Gasteiger partial charge < -0.3 is 48.3 Å². The van der Waals surface area contributed by atoms with Crippen molar-refractivity contribution in [2.45, 2.75) is 43.8 Å². The van der Waals surface area contributed by atoms with Gasteiger partial charge in [0.1, 0.15) is 12.1 Å². The lowest BCUT2D eigenvalue weighted by atomic mass is 10.1. The molecular weight excluding hydrogens is 454 g/mol. The number of H-pyrrole nitrogens is 1. The van der Waals surface area contributed by atoms with Gasteiger partial charge in [-0.3, -0.25) is 24.2 Å². The summed E-state index contributed by atoms with van der Waals surface area (Å²) in [5, 5.41) is 24.5. The average molecular weight is 483 g/mol. The summed E-state index contributed by atoms with van der Waals surface area (Å²) in [6.45, 7) is -0.471. The standard InChI is InChI=1S/C18H29N9O7/c19-10(4-9-6-22-8-25-9)15(31)27-11(2-1-3-23-18(20)21)16(32)24-7-13(28)26-12(17(33)34)5-14(29)30/h6,8,10-12H,1-5,7,19H2,(H,22,25)(H,24,32)(H,26,28)(H,27,31)(H,29,30)(H,33,34)(H4,20,21,23)/t10-,11-,12-/m0/s1. The minimum absolute atomic E-state index is 0.101. The van der Waals surface area contributed by atoms with E-state index in [1.807, 2.05) is 5.32 Å². The molecule has 1 aromatic rings. The van der Waals surface area contributed by atoms with Crippen LogP contribution in [-0.2, 0) is 30.4 Å². The molecule has 0 radical (unpaired) electrons. The molecule has 0 saturated carbocycles. The highest BCUT2D eigenvalue weighted by Crippen LogP contribution is 2.02. The van der Waals surface area contributed by atoms with Crippen molar-refractivity contribution in [3.05, 3.63) is 18.2 Å². The summed E-state index contributed by atoms with van der Waals surface area (Å²) < 4.78 is 0. The molecule has 1 rings (SSSR count). The normalized spacial score (nSPS) is 13.1. The highest BCUT2D eigenvalue weighted by Gasteiger charge is 2.26. The van der Waals surface area contributed by atoms with Crippen LogP contribution < -0.4 is 33.2 Å². The third-order valence-electron chi connectivity index (χ3n) is 4.34. The molecule has 1 aromatic heterocycles. The zero-order chi connectivity index (χ0) is 25.7. The van der Waals surface area contributed by atoms with E-state index in [1.54, 1.807) is 0 Å². The Hall–Kier alpha value is -4.21. The first-order valence-electron chi connectivity index (χ1n) is 10.1. The molecule has 0 aliphatic heterocycles. The zero-order valence-electron chi connectivity index (χ0n) is 18.2. The Bertz CT molecular complexity index is 884. The lowest BCUT2D eigenvalue weighted by molar-refractivity contribution is -0.147. The largest absolute Gasteiger partial charge is 0.481 e. The average Bonchev–Trinajstić information content (AvgIpc) is 3.25. The Balaban J connectivity index is 2.71. The molecule has 3 atom stereocenters. The van der Waals surface area contributed by atoms with Crippen molar-refractivity contribution in [2.24, 2.45) is 22.2 Å². The first-order chi connectivity index (χ1) is 16.0. The van der Waals surface area contributed by atoms with Gasteiger partial charge in [-0.05, 0) is 12.8 Å². The maximum atomic E-state index is 12.6. The zero-order valence-corrected chi connectivity index (χ0v) is 18.2. The van der Waals surface area contributed by atoms with Gasteiger partial charge in [-0.1, -0.05) is 0 Å². The van der Waals surface area contributed by atoms with Gasteiger partial charge in [0.05, 0.1) is 25.3 Å². The van der Waals surface area contributed by atoms with E-state index in [1.165, 1.54) is 12.5 Å². The first kappa shape index (κ1) is 27.8. The molecule has 16 nitrogen and oxygen atoms in total. The second-order valence-corrected chi connectivity index (χ2v) is 7.17. The van der Waals surface area contributed by atoms with Crippen LogP contribution in [0.1, 0.15) is 25.0 Å². The molecule has 188 valence electrons. The fourth-order valence-corrected chi connectivity index (χ4v) is 2.69. The van der Waals surface area contributed by atoms with Crippen LogP contribution in [0.5, 0.6) is 0 Å². The van der Waals surface area contributed by atoms with Crippen LogP contribution >= 0.6 is 0 Å². The highest BCUT2D eigenvalue weighted by atomic mass is 16.4. The van der Waals surface area contributed by atoms with Crippen molar-refractivity contribution >= 4 is 35.6 Å². The van der Waals surface area contributed by atoms with Crippen molar-refractivity contribution in [3.63, 3.8) is 0 Å². The predicted octanol–water partition coefficient (Wildman–Crippen LogP) is -4.02. The highest BCUT2D eigenvalue weighted by molar-refractivity contribution is 5.93. The van der Waals surface area contributed by atoms with E-state index < -0.39 is 60.8 Å². The number of carboxylic acids is 2. The molecule has 0 aliphatic rings. The third kappa shape index (κ3) is 10.9. The number of guanidine groups is 1. The summed E-state index contributed by atoms with van der Waals surface area (Å²) in [5.74, 6) is -5.41. The number of aromatic amines is 1. The van der Waals surface area contributed by atoms with Crippen molar-refractivity contribution < 1.29 is 34.2 Å². The lowest BCUT2D eigenvalue weighted by Crippen LogP contribution is -2.54. The predicted molar refractivity (Wildman–Crippen MR) is 117 cm³/mol. The van der Waals surface area contributed by atoms with Gasteiger partial charge in [0.15, 0.2) is 5.96 Å². The summed E-state index contributed by atoms with van der Waals surface area (Å²) in [4.78, 5) is 69.2. The number of carbonyl (C=O) groups excluding carboxylic acids is 3. The number of aliphatic carboxylic acids is 2. The van der Waals surface area contributed by atoms with Gasteiger partial charge in [-0.25, -0.2) is 9.78 Å². The maximum absolute atomic E-state index is 12.6. The number of aliphatic imine (C=N–C) groups is 1. The summed E-state index contributed by atoms with van der Waals surface area (Å²) in [5.41, 5.74) is 17.0. The van der Waals surface area contributed by atoms with Crippen molar-refractivity contribution in [3.8, 4) is 0 Å². The first-order valence-corrected chi connectivity index (χ1v) is 10.1. The van der Waals surface area contributed by atoms with Crippen LogP contribution in [0.25, 0.3) is 0 Å². The molecule has 0 aromatic carbocycles. The van der Waals surface area contributed by atoms with Crippen molar-refractivity contribution in [1.29, 1.82) is 0 Å². The molecule has 0 spiro atoms. The Morgan fingerprint density at radius 1 is 1.09 bits per heavy atom. The van der Waals surface area contributed by atoms with E-state index in [2.05, 4.69) is 25.6 Å². The topological polar surface area (TPSA) is 281 Å². The molecule has 0 unspecified atom stereocenters. The molecule has 0 aliphatic carbocycles. The molecule has 0 fully saturated rings. The molecule has 1 heterocycles. The molecule has 0 bridgehead atoms. The fourth-order valence-electron chi connectivity index (χ4n) is 2.69. The molecule has 16 heteroatoms. The van der Waals surface area contributed by atoms with Crippen LogP contribution in [0.4, 0.5) is 0 Å². The summed E-state index contributed by atoms with van der Waals surface area (Å²) >= 11 is 0. The number of nitrogens with one attached hydrogen (secondary N) is 4. The van der Waals surface area contributed by atoms with Crippen LogP contribution in [0, 0.1) is 0 Å².